The van der Waals surface area contributed by atoms with Gasteiger partial charge in [0.25, 0.3) is 5.95 Å². The van der Waals surface area contributed by atoms with Crippen molar-refractivity contribution in [3.05, 3.63) is 29.3 Å². The van der Waals surface area contributed by atoms with E-state index in [0.29, 0.717) is 16.9 Å². The van der Waals surface area contributed by atoms with Crippen LogP contribution in [0.25, 0.3) is 0 Å². The fourth-order valence-electron chi connectivity index (χ4n) is 1.46. The second-order valence-electron chi connectivity index (χ2n) is 3.62. The third kappa shape index (κ3) is 2.71. The van der Waals surface area contributed by atoms with Crippen LogP contribution in [-0.2, 0) is 4.74 Å². The first-order chi connectivity index (χ1) is 9.65. The normalized spacial score (nSPS) is 10.7. The molecular weight excluding hydrogens is 264 g/mol. The van der Waals surface area contributed by atoms with E-state index < -0.39 is 5.97 Å². The van der Waals surface area contributed by atoms with Gasteiger partial charge in [0, 0.05) is 0 Å². The molecule has 1 aromatic carbocycles. The third-order valence-electron chi connectivity index (χ3n) is 2.42. The molecule has 0 aliphatic rings. The van der Waals surface area contributed by atoms with Gasteiger partial charge in [0.2, 0.25) is 0 Å². The Kier molecular flexibility index (Phi) is 3.89. The molecule has 2 rings (SSSR count). The molecule has 0 aliphatic heterocycles. The summed E-state index contributed by atoms with van der Waals surface area (Å²) in [5.41, 5.74) is 6.48. The summed E-state index contributed by atoms with van der Waals surface area (Å²) >= 11 is 0. The lowest BCUT2D eigenvalue weighted by Crippen LogP contribution is -2.05. The molecule has 0 amide bonds. The second kappa shape index (κ2) is 5.78. The number of methoxy groups -OCH3 is 2. The van der Waals surface area contributed by atoms with Gasteiger partial charge in [-0.15, -0.1) is 0 Å². The minimum absolute atomic E-state index is 0.0689. The summed E-state index contributed by atoms with van der Waals surface area (Å²) in [5, 5.41) is 14.4. The van der Waals surface area contributed by atoms with Crippen molar-refractivity contribution < 1.29 is 14.3 Å². The topological polar surface area (TPSA) is 118 Å². The van der Waals surface area contributed by atoms with Crippen molar-refractivity contribution in [2.24, 2.45) is 5.10 Å². The highest BCUT2D eigenvalue weighted by Gasteiger charge is 2.12. The average Bonchev–Trinajstić information content (AvgIpc) is 2.89. The number of anilines is 1. The molecule has 0 unspecified atom stereocenters. The predicted octanol–water partition coefficient (Wildman–Crippen LogP) is -0.0673. The van der Waals surface area contributed by atoms with Gasteiger partial charge in [-0.25, -0.2) is 4.79 Å². The van der Waals surface area contributed by atoms with Crippen LogP contribution in [0.1, 0.15) is 15.9 Å². The Balaban J connectivity index is 2.28. The van der Waals surface area contributed by atoms with Crippen molar-refractivity contribution in [1.29, 1.82) is 0 Å². The van der Waals surface area contributed by atoms with Crippen LogP contribution in [-0.4, -0.2) is 46.7 Å². The predicted molar refractivity (Wildman–Crippen MR) is 69.6 cm³/mol. The van der Waals surface area contributed by atoms with Gasteiger partial charge in [-0.3, -0.25) is 0 Å². The Hall–Kier alpha value is -2.97. The maximum atomic E-state index is 11.5. The maximum absolute atomic E-state index is 11.5. The zero-order chi connectivity index (χ0) is 14.5. The van der Waals surface area contributed by atoms with Crippen LogP contribution in [0.2, 0.25) is 0 Å². The molecule has 20 heavy (non-hydrogen) atoms. The third-order valence-corrected chi connectivity index (χ3v) is 2.42. The Morgan fingerprint density at radius 2 is 2.25 bits per heavy atom. The molecule has 0 atom stereocenters. The Bertz CT molecular complexity index is 651. The number of nitrogens with zero attached hydrogens (tertiary/aromatic N) is 5. The van der Waals surface area contributed by atoms with Crippen molar-refractivity contribution >= 4 is 18.1 Å². The first kappa shape index (κ1) is 13.5. The van der Waals surface area contributed by atoms with E-state index in [2.05, 4.69) is 25.4 Å². The number of hydrogen-bond acceptors (Lipinski definition) is 8. The quantitative estimate of drug-likeness (QED) is 0.613. The van der Waals surface area contributed by atoms with E-state index in [0.717, 1.165) is 4.79 Å². The summed E-state index contributed by atoms with van der Waals surface area (Å²) < 4.78 is 9.79. The van der Waals surface area contributed by atoms with E-state index in [1.807, 2.05) is 0 Å². The SMILES string of the molecule is COC(=O)c1ccc(/C=N\n2nnnc2N)cc1OC. The Labute approximate surface area is 114 Å². The number of nitrogen functional groups attached to an aromatic ring is 1. The Morgan fingerprint density at radius 3 is 2.85 bits per heavy atom. The van der Waals surface area contributed by atoms with Crippen molar-refractivity contribution in [3.8, 4) is 5.75 Å². The number of hydrogen-bond donors (Lipinski definition) is 1. The molecule has 9 heteroatoms. The van der Waals surface area contributed by atoms with Crippen LogP contribution in [0, 0.1) is 0 Å². The summed E-state index contributed by atoms with van der Waals surface area (Å²) in [5.74, 6) is -0.0278. The lowest BCUT2D eigenvalue weighted by Gasteiger charge is -2.07. The van der Waals surface area contributed by atoms with E-state index in [4.69, 9.17) is 10.5 Å². The molecule has 104 valence electrons. The minimum atomic E-state index is -0.477. The van der Waals surface area contributed by atoms with E-state index in [-0.39, 0.29) is 5.95 Å². The number of esters is 1. The van der Waals surface area contributed by atoms with Crippen LogP contribution in [0.15, 0.2) is 23.3 Å². The van der Waals surface area contributed by atoms with Gasteiger partial charge < -0.3 is 15.2 Å². The summed E-state index contributed by atoms with van der Waals surface area (Å²) in [4.78, 5) is 12.6. The summed E-state index contributed by atoms with van der Waals surface area (Å²) in [6.07, 6.45) is 1.48. The van der Waals surface area contributed by atoms with Gasteiger partial charge >= 0.3 is 5.97 Å². The van der Waals surface area contributed by atoms with Gasteiger partial charge in [-0.2, -0.15) is 5.10 Å². The molecule has 0 bridgehead atoms. The maximum Gasteiger partial charge on any atom is 0.341 e. The van der Waals surface area contributed by atoms with Gasteiger partial charge in [-0.1, -0.05) is 16.0 Å². The monoisotopic (exact) mass is 276 g/mol. The zero-order valence-corrected chi connectivity index (χ0v) is 10.8. The van der Waals surface area contributed by atoms with Crippen molar-refractivity contribution in [2.75, 3.05) is 20.0 Å². The lowest BCUT2D eigenvalue weighted by molar-refractivity contribution is 0.0597. The standard InChI is InChI=1S/C11H12N6O3/c1-19-9-5-7(3-4-8(9)10(18)20-2)6-13-17-11(12)14-15-16-17/h3-6H,1-2H3,(H2,12,14,16)/b13-6-. The zero-order valence-electron chi connectivity index (χ0n) is 10.8. The van der Waals surface area contributed by atoms with Gasteiger partial charge in [0.05, 0.1) is 20.4 Å². The van der Waals surface area contributed by atoms with Gasteiger partial charge in [0.15, 0.2) is 0 Å². The van der Waals surface area contributed by atoms with Crippen LogP contribution in [0.3, 0.4) is 0 Å². The van der Waals surface area contributed by atoms with E-state index >= 15 is 0 Å². The number of carbonyl (C=O) groups excluding carboxylic acids is 1. The fourth-order valence-corrected chi connectivity index (χ4v) is 1.46. The summed E-state index contributed by atoms with van der Waals surface area (Å²) in [6.45, 7) is 0. The first-order valence-corrected chi connectivity index (χ1v) is 5.50. The molecule has 0 radical (unpaired) electrons. The molecule has 2 N–H and O–H groups in total. The lowest BCUT2D eigenvalue weighted by atomic mass is 10.1. The van der Waals surface area contributed by atoms with Crippen molar-refractivity contribution in [2.45, 2.75) is 0 Å². The number of aromatic nitrogens is 4. The molecule has 2 aromatic rings. The molecule has 1 heterocycles. The minimum Gasteiger partial charge on any atom is -0.496 e. The van der Waals surface area contributed by atoms with Crippen LogP contribution in [0.5, 0.6) is 5.75 Å². The molecule has 1 aromatic heterocycles. The van der Waals surface area contributed by atoms with Crippen LogP contribution in [0.4, 0.5) is 5.95 Å². The second-order valence-corrected chi connectivity index (χ2v) is 3.62. The van der Waals surface area contributed by atoms with Gasteiger partial charge in [0.1, 0.15) is 11.3 Å². The molecule has 9 nitrogen and oxygen atoms in total. The largest absolute Gasteiger partial charge is 0.496 e. The smallest absolute Gasteiger partial charge is 0.341 e. The van der Waals surface area contributed by atoms with E-state index in [1.54, 1.807) is 18.2 Å². The highest BCUT2D eigenvalue weighted by Crippen LogP contribution is 2.20. The van der Waals surface area contributed by atoms with Gasteiger partial charge in [-0.05, 0) is 28.1 Å². The number of ether oxygens (including phenoxy) is 2. The highest BCUT2D eigenvalue weighted by molar-refractivity contribution is 5.94. The molecule has 0 aliphatic carbocycles. The van der Waals surface area contributed by atoms with Crippen molar-refractivity contribution in [1.82, 2.24) is 20.3 Å². The number of tetrazole rings is 1. The molecule has 0 saturated carbocycles. The van der Waals surface area contributed by atoms with Crippen LogP contribution < -0.4 is 10.5 Å². The number of nitrogens with two attached hydrogens (primary N) is 1. The Morgan fingerprint density at radius 1 is 1.45 bits per heavy atom. The summed E-state index contributed by atoms with van der Waals surface area (Å²) in [7, 11) is 2.76. The fraction of sp³-hybridized carbons (Fsp3) is 0.182. The molecule has 0 spiro atoms. The van der Waals surface area contributed by atoms with E-state index in [9.17, 15) is 4.79 Å². The molecule has 0 fully saturated rings. The number of rotatable bonds is 4. The molecule has 0 saturated heterocycles. The van der Waals surface area contributed by atoms with E-state index in [1.165, 1.54) is 20.4 Å². The highest BCUT2D eigenvalue weighted by atomic mass is 16.5. The van der Waals surface area contributed by atoms with Crippen LogP contribution >= 0.6 is 0 Å². The average molecular weight is 276 g/mol. The van der Waals surface area contributed by atoms with Crippen molar-refractivity contribution in [3.63, 3.8) is 0 Å². The first-order valence-electron chi connectivity index (χ1n) is 5.50. The molecular formula is C11H12N6O3. The number of carbonyl (C=O) groups is 1. The number of benzene rings is 1. The summed E-state index contributed by atoms with van der Waals surface area (Å²) in [6, 6.07) is 4.89.